The Bertz CT molecular complexity index is 866. The maximum atomic E-state index is 12.5. The highest BCUT2D eigenvalue weighted by Crippen LogP contribution is 2.32. The van der Waals surface area contributed by atoms with Crippen molar-refractivity contribution in [2.24, 2.45) is 17.8 Å². The molecule has 0 N–H and O–H groups in total. The summed E-state index contributed by atoms with van der Waals surface area (Å²) < 4.78 is 17.4. The Morgan fingerprint density at radius 3 is 2.08 bits per heavy atom. The lowest BCUT2D eigenvalue weighted by molar-refractivity contribution is 0.0734. The molecule has 1 aliphatic carbocycles. The molecular formula is C32H46O4. The van der Waals surface area contributed by atoms with Gasteiger partial charge in [0.05, 0.1) is 18.8 Å². The van der Waals surface area contributed by atoms with Crippen LogP contribution in [0.1, 0.15) is 102 Å². The lowest BCUT2D eigenvalue weighted by atomic mass is 9.80. The molecule has 1 atom stereocenters. The minimum atomic E-state index is -0.371. The summed E-state index contributed by atoms with van der Waals surface area (Å²) in [5.41, 5.74) is 0.509. The third kappa shape index (κ3) is 9.87. The van der Waals surface area contributed by atoms with Gasteiger partial charge in [-0.25, -0.2) is 4.79 Å². The van der Waals surface area contributed by atoms with Gasteiger partial charge in [0.2, 0.25) is 0 Å². The van der Waals surface area contributed by atoms with Gasteiger partial charge >= 0.3 is 5.97 Å². The SMILES string of the molecule is CCCC1CCC(COc2ccc(OC(=O)c3ccc(OCCCCC[C@@H](C)CC)cc3)cc2)CC1. The van der Waals surface area contributed by atoms with Crippen LogP contribution in [0.5, 0.6) is 17.2 Å². The summed E-state index contributed by atoms with van der Waals surface area (Å²) in [4.78, 5) is 12.5. The summed E-state index contributed by atoms with van der Waals surface area (Å²) in [5.74, 6) is 4.14. The maximum Gasteiger partial charge on any atom is 0.343 e. The van der Waals surface area contributed by atoms with Gasteiger partial charge < -0.3 is 14.2 Å². The number of ether oxygens (including phenoxy) is 3. The minimum Gasteiger partial charge on any atom is -0.494 e. The Balaban J connectivity index is 1.34. The summed E-state index contributed by atoms with van der Waals surface area (Å²) >= 11 is 0. The van der Waals surface area contributed by atoms with Crippen molar-refractivity contribution in [3.63, 3.8) is 0 Å². The molecule has 0 aliphatic heterocycles. The second-order valence-corrected chi connectivity index (χ2v) is 10.6. The quantitative estimate of drug-likeness (QED) is 0.141. The number of unbranched alkanes of at least 4 members (excludes halogenated alkanes) is 2. The zero-order chi connectivity index (χ0) is 25.6. The lowest BCUT2D eigenvalue weighted by Crippen LogP contribution is -2.20. The first-order chi connectivity index (χ1) is 17.6. The molecule has 0 radical (unpaired) electrons. The van der Waals surface area contributed by atoms with Crippen LogP contribution in [-0.2, 0) is 0 Å². The van der Waals surface area contributed by atoms with Crippen LogP contribution in [0.3, 0.4) is 0 Å². The van der Waals surface area contributed by atoms with Gasteiger partial charge in [-0.05, 0) is 85.5 Å². The maximum absolute atomic E-state index is 12.5. The van der Waals surface area contributed by atoms with Gasteiger partial charge in [-0.2, -0.15) is 0 Å². The smallest absolute Gasteiger partial charge is 0.343 e. The van der Waals surface area contributed by atoms with Crippen LogP contribution in [0.2, 0.25) is 0 Å². The van der Waals surface area contributed by atoms with Gasteiger partial charge in [-0.15, -0.1) is 0 Å². The average Bonchev–Trinajstić information content (AvgIpc) is 2.91. The first-order valence-electron chi connectivity index (χ1n) is 14.2. The molecule has 4 heteroatoms. The van der Waals surface area contributed by atoms with Crippen LogP contribution < -0.4 is 14.2 Å². The zero-order valence-electron chi connectivity index (χ0n) is 22.7. The Labute approximate surface area is 218 Å². The molecule has 1 aliphatic rings. The first-order valence-corrected chi connectivity index (χ1v) is 14.2. The molecule has 0 spiro atoms. The monoisotopic (exact) mass is 494 g/mol. The molecule has 4 nitrogen and oxygen atoms in total. The van der Waals surface area contributed by atoms with Gasteiger partial charge in [0.15, 0.2) is 0 Å². The van der Waals surface area contributed by atoms with E-state index in [1.165, 1.54) is 64.2 Å². The summed E-state index contributed by atoms with van der Waals surface area (Å²) in [7, 11) is 0. The second kappa shape index (κ2) is 15.6. The third-order valence-electron chi connectivity index (χ3n) is 7.58. The molecule has 0 aromatic heterocycles. The van der Waals surface area contributed by atoms with E-state index >= 15 is 0 Å². The number of carbonyl (C=O) groups is 1. The highest BCUT2D eigenvalue weighted by atomic mass is 16.5. The number of rotatable bonds is 15. The van der Waals surface area contributed by atoms with Crippen LogP contribution in [0, 0.1) is 17.8 Å². The Morgan fingerprint density at radius 2 is 1.42 bits per heavy atom. The van der Waals surface area contributed by atoms with Crippen molar-refractivity contribution in [3.8, 4) is 17.2 Å². The van der Waals surface area contributed by atoms with E-state index in [1.54, 1.807) is 24.3 Å². The molecule has 36 heavy (non-hydrogen) atoms. The second-order valence-electron chi connectivity index (χ2n) is 10.6. The van der Waals surface area contributed by atoms with E-state index in [0.717, 1.165) is 36.4 Å². The van der Waals surface area contributed by atoms with Crippen LogP contribution in [0.4, 0.5) is 0 Å². The molecule has 0 bridgehead atoms. The van der Waals surface area contributed by atoms with E-state index in [4.69, 9.17) is 14.2 Å². The van der Waals surface area contributed by atoms with Crippen molar-refractivity contribution in [2.75, 3.05) is 13.2 Å². The number of esters is 1. The molecule has 198 valence electrons. The highest BCUT2D eigenvalue weighted by molar-refractivity contribution is 5.91. The van der Waals surface area contributed by atoms with Crippen molar-refractivity contribution in [3.05, 3.63) is 54.1 Å². The van der Waals surface area contributed by atoms with Crippen LogP contribution in [-0.4, -0.2) is 19.2 Å². The van der Waals surface area contributed by atoms with Gasteiger partial charge in [0, 0.05) is 0 Å². The summed E-state index contributed by atoms with van der Waals surface area (Å²) in [6.45, 7) is 8.31. The predicted octanol–water partition coefficient (Wildman–Crippen LogP) is 8.88. The Kier molecular flexibility index (Phi) is 12.2. The molecule has 2 aromatic rings. The van der Waals surface area contributed by atoms with Crippen molar-refractivity contribution in [1.29, 1.82) is 0 Å². The van der Waals surface area contributed by atoms with E-state index in [9.17, 15) is 4.79 Å². The lowest BCUT2D eigenvalue weighted by Gasteiger charge is -2.28. The largest absolute Gasteiger partial charge is 0.494 e. The van der Waals surface area contributed by atoms with Crippen LogP contribution in [0.25, 0.3) is 0 Å². The van der Waals surface area contributed by atoms with E-state index in [0.29, 0.717) is 23.8 Å². The highest BCUT2D eigenvalue weighted by Gasteiger charge is 2.21. The van der Waals surface area contributed by atoms with Gasteiger partial charge in [-0.1, -0.05) is 72.1 Å². The molecule has 3 rings (SSSR count). The minimum absolute atomic E-state index is 0.371. The molecular weight excluding hydrogens is 448 g/mol. The fourth-order valence-electron chi connectivity index (χ4n) is 4.93. The predicted molar refractivity (Wildman–Crippen MR) is 147 cm³/mol. The molecule has 1 fully saturated rings. The molecule has 0 heterocycles. The fraction of sp³-hybridized carbons (Fsp3) is 0.594. The van der Waals surface area contributed by atoms with E-state index in [-0.39, 0.29) is 5.97 Å². The first kappa shape index (κ1) is 28.1. The normalized spacial score (nSPS) is 18.4. The van der Waals surface area contributed by atoms with Gasteiger partial charge in [0.1, 0.15) is 17.2 Å². The van der Waals surface area contributed by atoms with Crippen molar-refractivity contribution in [2.45, 2.75) is 91.4 Å². The van der Waals surface area contributed by atoms with Crippen molar-refractivity contribution < 1.29 is 19.0 Å². The average molecular weight is 495 g/mol. The fourth-order valence-corrected chi connectivity index (χ4v) is 4.93. The number of hydrogen-bond donors (Lipinski definition) is 0. The molecule has 1 saturated carbocycles. The van der Waals surface area contributed by atoms with E-state index in [2.05, 4.69) is 20.8 Å². The summed E-state index contributed by atoms with van der Waals surface area (Å²) in [6.07, 6.45) is 13.9. The van der Waals surface area contributed by atoms with Gasteiger partial charge in [-0.3, -0.25) is 0 Å². The molecule has 0 saturated heterocycles. The number of benzene rings is 2. The van der Waals surface area contributed by atoms with E-state index < -0.39 is 0 Å². The molecule has 0 unspecified atom stereocenters. The Hall–Kier alpha value is -2.49. The number of hydrogen-bond acceptors (Lipinski definition) is 4. The van der Waals surface area contributed by atoms with Crippen molar-refractivity contribution in [1.82, 2.24) is 0 Å². The molecule has 2 aromatic carbocycles. The van der Waals surface area contributed by atoms with E-state index in [1.807, 2.05) is 24.3 Å². The molecule has 0 amide bonds. The van der Waals surface area contributed by atoms with Crippen molar-refractivity contribution >= 4 is 5.97 Å². The van der Waals surface area contributed by atoms with Crippen LogP contribution in [0.15, 0.2) is 48.5 Å². The van der Waals surface area contributed by atoms with Crippen LogP contribution >= 0.6 is 0 Å². The summed E-state index contributed by atoms with van der Waals surface area (Å²) in [5, 5.41) is 0. The number of carbonyl (C=O) groups excluding carboxylic acids is 1. The topological polar surface area (TPSA) is 44.8 Å². The third-order valence-corrected chi connectivity index (χ3v) is 7.58. The Morgan fingerprint density at radius 1 is 0.806 bits per heavy atom. The summed E-state index contributed by atoms with van der Waals surface area (Å²) in [6, 6.07) is 14.5. The zero-order valence-corrected chi connectivity index (χ0v) is 22.7. The van der Waals surface area contributed by atoms with Gasteiger partial charge in [0.25, 0.3) is 0 Å². The standard InChI is InChI=1S/C32H46O4/c1-4-9-26-11-13-27(14-12-26)24-35-30-19-21-31(22-20-30)36-32(33)28-15-17-29(18-16-28)34-23-8-6-7-10-25(3)5-2/h15-22,25-27H,4-14,23-24H2,1-3H3/t25-,26?,27?/m0/s1.